The quantitative estimate of drug-likeness (QED) is 0.736. The molecule has 3 aromatic rings. The molecule has 23 heavy (non-hydrogen) atoms. The van der Waals surface area contributed by atoms with Crippen LogP contribution in [0.3, 0.4) is 0 Å². The Morgan fingerprint density at radius 3 is 3.09 bits per heavy atom. The van der Waals surface area contributed by atoms with E-state index >= 15 is 0 Å². The molecule has 3 aromatic heterocycles. The Morgan fingerprint density at radius 1 is 1.30 bits per heavy atom. The third-order valence-electron chi connectivity index (χ3n) is 4.30. The number of hydrogen-bond acceptors (Lipinski definition) is 4. The van der Waals surface area contributed by atoms with E-state index in [1.54, 1.807) is 6.20 Å². The summed E-state index contributed by atoms with van der Waals surface area (Å²) < 4.78 is 9.95. The van der Waals surface area contributed by atoms with Gasteiger partial charge in [0, 0.05) is 43.9 Å². The second-order valence-corrected chi connectivity index (χ2v) is 6.08. The number of aryl methyl sites for hydroxylation is 1. The first kappa shape index (κ1) is 14.4. The van der Waals surface area contributed by atoms with Gasteiger partial charge in [-0.3, -0.25) is 9.58 Å². The van der Waals surface area contributed by atoms with E-state index in [0.29, 0.717) is 0 Å². The van der Waals surface area contributed by atoms with Gasteiger partial charge in [-0.1, -0.05) is 6.07 Å². The molecule has 0 bridgehead atoms. The van der Waals surface area contributed by atoms with Crippen LogP contribution in [0.4, 0.5) is 0 Å². The lowest BCUT2D eigenvalue weighted by Gasteiger charge is -2.32. The highest BCUT2D eigenvalue weighted by molar-refractivity contribution is 5.41. The molecule has 1 aliphatic heterocycles. The van der Waals surface area contributed by atoms with Crippen LogP contribution in [0, 0.1) is 6.92 Å². The molecule has 4 rings (SSSR count). The number of imidazole rings is 1. The summed E-state index contributed by atoms with van der Waals surface area (Å²) in [5.41, 5.74) is 3.33. The molecule has 120 valence electrons. The zero-order chi connectivity index (χ0) is 15.6. The minimum Gasteiger partial charge on any atom is -0.374 e. The number of fused-ring (bicyclic) bond motifs is 1. The third kappa shape index (κ3) is 3.13. The highest BCUT2D eigenvalue weighted by Gasteiger charge is 2.21. The first-order chi connectivity index (χ1) is 11.3. The summed E-state index contributed by atoms with van der Waals surface area (Å²) in [6.45, 7) is 6.38. The lowest BCUT2D eigenvalue weighted by Crippen LogP contribution is -2.43. The largest absolute Gasteiger partial charge is 0.374 e. The predicted octanol–water partition coefficient (Wildman–Crippen LogP) is 1.74. The first-order valence-electron chi connectivity index (χ1n) is 8.03. The van der Waals surface area contributed by atoms with Crippen LogP contribution in [0.1, 0.15) is 11.4 Å². The van der Waals surface area contributed by atoms with Crippen molar-refractivity contribution in [3.05, 3.63) is 54.2 Å². The Kier molecular flexibility index (Phi) is 3.85. The molecule has 6 nitrogen and oxygen atoms in total. The van der Waals surface area contributed by atoms with Crippen LogP contribution >= 0.6 is 0 Å². The Hall–Kier alpha value is -2.18. The third-order valence-corrected chi connectivity index (χ3v) is 4.30. The predicted molar refractivity (Wildman–Crippen MR) is 87.2 cm³/mol. The summed E-state index contributed by atoms with van der Waals surface area (Å²) in [6, 6.07) is 8.15. The number of morpholine rings is 1. The number of nitrogens with zero attached hydrogens (tertiary/aromatic N) is 5. The van der Waals surface area contributed by atoms with E-state index < -0.39 is 0 Å². The van der Waals surface area contributed by atoms with Gasteiger partial charge in [0.25, 0.3) is 0 Å². The molecule has 0 unspecified atom stereocenters. The van der Waals surface area contributed by atoms with Crippen molar-refractivity contribution in [2.24, 2.45) is 0 Å². The fourth-order valence-corrected chi connectivity index (χ4v) is 3.16. The fraction of sp³-hybridized carbons (Fsp3) is 0.412. The van der Waals surface area contributed by atoms with E-state index in [-0.39, 0.29) is 6.10 Å². The van der Waals surface area contributed by atoms with Gasteiger partial charge >= 0.3 is 0 Å². The molecule has 0 spiro atoms. The summed E-state index contributed by atoms with van der Waals surface area (Å²) in [5.74, 6) is 0. The molecular weight excluding hydrogens is 290 g/mol. The van der Waals surface area contributed by atoms with Crippen molar-refractivity contribution < 1.29 is 4.74 Å². The average molecular weight is 311 g/mol. The van der Waals surface area contributed by atoms with E-state index in [0.717, 1.165) is 44.1 Å². The van der Waals surface area contributed by atoms with Crippen molar-refractivity contribution in [1.82, 2.24) is 24.1 Å². The smallest absolute Gasteiger partial charge is 0.137 e. The Balaban J connectivity index is 1.44. The Labute approximate surface area is 135 Å². The molecule has 0 radical (unpaired) electrons. The van der Waals surface area contributed by atoms with Gasteiger partial charge in [0.05, 0.1) is 24.9 Å². The van der Waals surface area contributed by atoms with Crippen LogP contribution < -0.4 is 0 Å². The summed E-state index contributed by atoms with van der Waals surface area (Å²) in [5, 5.41) is 4.26. The van der Waals surface area contributed by atoms with E-state index in [1.807, 2.05) is 16.9 Å². The Bertz CT molecular complexity index is 779. The van der Waals surface area contributed by atoms with Gasteiger partial charge in [-0.05, 0) is 25.1 Å². The van der Waals surface area contributed by atoms with Gasteiger partial charge in [0.2, 0.25) is 0 Å². The molecule has 6 heteroatoms. The topological polar surface area (TPSA) is 47.6 Å². The van der Waals surface area contributed by atoms with E-state index in [4.69, 9.17) is 9.72 Å². The second kappa shape index (κ2) is 6.14. The van der Waals surface area contributed by atoms with Gasteiger partial charge in [-0.2, -0.15) is 5.10 Å². The van der Waals surface area contributed by atoms with Crippen LogP contribution in [0.15, 0.2) is 42.9 Å². The molecule has 1 atom stereocenters. The average Bonchev–Trinajstić information content (AvgIpc) is 3.18. The minimum absolute atomic E-state index is 0.183. The zero-order valence-corrected chi connectivity index (χ0v) is 13.3. The van der Waals surface area contributed by atoms with Crippen molar-refractivity contribution >= 4 is 5.65 Å². The SMILES string of the molecule is Cc1cccc2nc(CN3CCO[C@@H](Cn4cccn4)C3)cn12. The highest BCUT2D eigenvalue weighted by Crippen LogP contribution is 2.13. The maximum Gasteiger partial charge on any atom is 0.137 e. The molecule has 1 saturated heterocycles. The summed E-state index contributed by atoms with van der Waals surface area (Å²) in [6.07, 6.45) is 6.11. The number of rotatable bonds is 4. The summed E-state index contributed by atoms with van der Waals surface area (Å²) in [4.78, 5) is 7.14. The minimum atomic E-state index is 0.183. The monoisotopic (exact) mass is 311 g/mol. The summed E-state index contributed by atoms with van der Waals surface area (Å²) >= 11 is 0. The second-order valence-electron chi connectivity index (χ2n) is 6.08. The molecular formula is C17H21N5O. The van der Waals surface area contributed by atoms with Crippen LogP contribution in [-0.2, 0) is 17.8 Å². The fourth-order valence-electron chi connectivity index (χ4n) is 3.16. The van der Waals surface area contributed by atoms with Crippen LogP contribution in [0.2, 0.25) is 0 Å². The zero-order valence-electron chi connectivity index (χ0n) is 13.3. The van der Waals surface area contributed by atoms with Crippen LogP contribution in [-0.4, -0.2) is 49.9 Å². The number of hydrogen-bond donors (Lipinski definition) is 0. The van der Waals surface area contributed by atoms with E-state index in [2.05, 4.69) is 45.7 Å². The van der Waals surface area contributed by atoms with Gasteiger partial charge < -0.3 is 9.14 Å². The van der Waals surface area contributed by atoms with Crippen molar-refractivity contribution in [3.8, 4) is 0 Å². The van der Waals surface area contributed by atoms with Gasteiger partial charge in [0.15, 0.2) is 0 Å². The first-order valence-corrected chi connectivity index (χ1v) is 8.03. The molecule has 0 aromatic carbocycles. The highest BCUT2D eigenvalue weighted by atomic mass is 16.5. The van der Waals surface area contributed by atoms with Gasteiger partial charge in [-0.25, -0.2) is 4.98 Å². The maximum absolute atomic E-state index is 5.87. The molecule has 1 aliphatic rings. The van der Waals surface area contributed by atoms with Crippen molar-refractivity contribution in [1.29, 1.82) is 0 Å². The van der Waals surface area contributed by atoms with Crippen molar-refractivity contribution in [3.63, 3.8) is 0 Å². The van der Waals surface area contributed by atoms with Crippen LogP contribution in [0.5, 0.6) is 0 Å². The summed E-state index contributed by atoms with van der Waals surface area (Å²) in [7, 11) is 0. The number of ether oxygens (including phenoxy) is 1. The molecule has 0 aliphatic carbocycles. The lowest BCUT2D eigenvalue weighted by molar-refractivity contribution is -0.0405. The van der Waals surface area contributed by atoms with Gasteiger partial charge in [-0.15, -0.1) is 0 Å². The lowest BCUT2D eigenvalue weighted by atomic mass is 10.2. The molecule has 0 amide bonds. The standard InChI is InChI=1S/C17H21N5O/c1-14-4-2-5-17-19-15(11-22(14)17)10-20-8-9-23-16(12-20)13-21-7-3-6-18-21/h2-7,11,16H,8-10,12-13H2,1H3/t16-/m1/s1. The Morgan fingerprint density at radius 2 is 2.26 bits per heavy atom. The normalized spacial score (nSPS) is 19.4. The number of pyridine rings is 1. The molecule has 0 saturated carbocycles. The molecule has 4 heterocycles. The van der Waals surface area contributed by atoms with E-state index in [1.165, 1.54) is 5.69 Å². The van der Waals surface area contributed by atoms with Crippen molar-refractivity contribution in [2.75, 3.05) is 19.7 Å². The molecule has 1 fully saturated rings. The van der Waals surface area contributed by atoms with E-state index in [9.17, 15) is 0 Å². The number of aromatic nitrogens is 4. The van der Waals surface area contributed by atoms with Crippen molar-refractivity contribution in [2.45, 2.75) is 26.1 Å². The van der Waals surface area contributed by atoms with Gasteiger partial charge in [0.1, 0.15) is 5.65 Å². The molecule has 0 N–H and O–H groups in total. The maximum atomic E-state index is 5.87. The van der Waals surface area contributed by atoms with Crippen LogP contribution in [0.25, 0.3) is 5.65 Å².